The van der Waals surface area contributed by atoms with Crippen molar-refractivity contribution >= 4 is 34.2 Å². The molecule has 0 radical (unpaired) electrons. The van der Waals surface area contributed by atoms with Gasteiger partial charge < -0.3 is 10.6 Å². The Hall–Kier alpha value is -4.28. The minimum atomic E-state index is -4.52. The molecular weight excluding hydrogens is 449 g/mol. The summed E-state index contributed by atoms with van der Waals surface area (Å²) < 4.78 is 38.1. The molecule has 8 nitrogen and oxygen atoms in total. The molecule has 1 saturated carbocycles. The summed E-state index contributed by atoms with van der Waals surface area (Å²) in [5.74, 6) is -0.626. The first-order chi connectivity index (χ1) is 16.3. The van der Waals surface area contributed by atoms with Gasteiger partial charge in [0.25, 0.3) is 5.91 Å². The van der Waals surface area contributed by atoms with Gasteiger partial charge in [-0.25, -0.2) is 4.98 Å². The number of halogens is 3. The number of H-pyrrole nitrogens is 1. The van der Waals surface area contributed by atoms with Crippen molar-refractivity contribution < 1.29 is 22.8 Å². The second-order valence-corrected chi connectivity index (χ2v) is 7.94. The monoisotopic (exact) mass is 466 g/mol. The number of carbonyl (C=O) groups excluding carboxylic acids is 2. The van der Waals surface area contributed by atoms with E-state index in [0.717, 1.165) is 36.1 Å². The number of fused-ring (bicyclic) bond motifs is 1. The van der Waals surface area contributed by atoms with E-state index in [2.05, 4.69) is 30.8 Å². The summed E-state index contributed by atoms with van der Waals surface area (Å²) in [6.45, 7) is 0. The van der Waals surface area contributed by atoms with Crippen molar-refractivity contribution in [1.82, 2.24) is 20.2 Å². The highest BCUT2D eigenvalue weighted by Gasteiger charge is 2.31. The van der Waals surface area contributed by atoms with Crippen molar-refractivity contribution in [3.05, 3.63) is 66.2 Å². The maximum atomic E-state index is 12.7. The zero-order valence-electron chi connectivity index (χ0n) is 17.5. The SMILES string of the molecule is O=C(Nc1ccc(C(F)(F)F)cn1)c1n[nH]c2ccc(-c3cncc(NC(=O)C4CC4)c3)cc12. The van der Waals surface area contributed by atoms with Gasteiger partial charge in [-0.1, -0.05) is 6.07 Å². The Labute approximate surface area is 190 Å². The second kappa shape index (κ2) is 8.25. The van der Waals surface area contributed by atoms with Crippen LogP contribution in [-0.4, -0.2) is 32.0 Å². The Morgan fingerprint density at radius 3 is 2.50 bits per heavy atom. The fourth-order valence-electron chi connectivity index (χ4n) is 3.43. The number of carbonyl (C=O) groups is 2. The van der Waals surface area contributed by atoms with E-state index >= 15 is 0 Å². The van der Waals surface area contributed by atoms with E-state index in [9.17, 15) is 22.8 Å². The molecule has 3 aromatic heterocycles. The van der Waals surface area contributed by atoms with Crippen molar-refractivity contribution in [3.8, 4) is 11.1 Å². The van der Waals surface area contributed by atoms with Gasteiger partial charge in [0.05, 0.1) is 23.0 Å². The first-order valence-electron chi connectivity index (χ1n) is 10.4. The number of nitrogens with one attached hydrogen (secondary N) is 3. The number of aromatic amines is 1. The predicted molar refractivity (Wildman–Crippen MR) is 118 cm³/mol. The minimum absolute atomic E-state index is 0.0277. The molecule has 0 unspecified atom stereocenters. The van der Waals surface area contributed by atoms with Gasteiger partial charge in [0, 0.05) is 29.3 Å². The summed E-state index contributed by atoms with van der Waals surface area (Å²) in [7, 11) is 0. The average Bonchev–Trinajstić information content (AvgIpc) is 3.58. The van der Waals surface area contributed by atoms with Crippen LogP contribution in [0.2, 0.25) is 0 Å². The van der Waals surface area contributed by atoms with Gasteiger partial charge in [-0.2, -0.15) is 18.3 Å². The van der Waals surface area contributed by atoms with Crippen LogP contribution in [0.1, 0.15) is 28.9 Å². The summed E-state index contributed by atoms with van der Waals surface area (Å²) >= 11 is 0. The molecular formula is C23H17F3N6O2. The molecule has 0 bridgehead atoms. The fraction of sp³-hybridized carbons (Fsp3) is 0.174. The van der Waals surface area contributed by atoms with Crippen molar-refractivity contribution in [1.29, 1.82) is 0 Å². The topological polar surface area (TPSA) is 113 Å². The highest BCUT2D eigenvalue weighted by Crippen LogP contribution is 2.32. The van der Waals surface area contributed by atoms with E-state index in [4.69, 9.17) is 0 Å². The molecule has 11 heteroatoms. The predicted octanol–water partition coefficient (Wildman–Crippen LogP) is 4.64. The van der Waals surface area contributed by atoms with Crippen LogP contribution in [-0.2, 0) is 11.0 Å². The molecule has 3 N–H and O–H groups in total. The number of anilines is 2. The van der Waals surface area contributed by atoms with Crippen molar-refractivity contribution in [3.63, 3.8) is 0 Å². The lowest BCUT2D eigenvalue weighted by Gasteiger charge is -2.08. The number of hydrogen-bond acceptors (Lipinski definition) is 5. The molecule has 1 aliphatic carbocycles. The van der Waals surface area contributed by atoms with E-state index in [1.54, 1.807) is 30.6 Å². The van der Waals surface area contributed by atoms with Crippen LogP contribution in [0.25, 0.3) is 22.0 Å². The average molecular weight is 466 g/mol. The van der Waals surface area contributed by atoms with Crippen LogP contribution in [0.15, 0.2) is 55.0 Å². The zero-order valence-corrected chi connectivity index (χ0v) is 17.5. The van der Waals surface area contributed by atoms with Gasteiger partial charge in [0.2, 0.25) is 5.91 Å². The van der Waals surface area contributed by atoms with Crippen LogP contribution in [0.4, 0.5) is 24.7 Å². The highest BCUT2D eigenvalue weighted by molar-refractivity contribution is 6.11. The van der Waals surface area contributed by atoms with Crippen molar-refractivity contribution in [2.75, 3.05) is 10.6 Å². The molecule has 0 atom stereocenters. The third-order valence-corrected chi connectivity index (χ3v) is 5.40. The zero-order chi connectivity index (χ0) is 23.9. The lowest BCUT2D eigenvalue weighted by Crippen LogP contribution is -2.14. The van der Waals surface area contributed by atoms with E-state index in [1.165, 1.54) is 0 Å². The minimum Gasteiger partial charge on any atom is -0.324 e. The molecule has 2 amide bonds. The molecule has 1 aromatic carbocycles. The number of nitrogens with zero attached hydrogens (tertiary/aromatic N) is 3. The van der Waals surface area contributed by atoms with Crippen LogP contribution in [0, 0.1) is 5.92 Å². The maximum Gasteiger partial charge on any atom is 0.417 e. The Kier molecular flexibility index (Phi) is 5.23. The Morgan fingerprint density at radius 2 is 1.79 bits per heavy atom. The number of alkyl halides is 3. The quantitative estimate of drug-likeness (QED) is 0.397. The Morgan fingerprint density at radius 1 is 0.971 bits per heavy atom. The van der Waals surface area contributed by atoms with Crippen LogP contribution in [0.3, 0.4) is 0 Å². The van der Waals surface area contributed by atoms with Crippen LogP contribution < -0.4 is 10.6 Å². The summed E-state index contributed by atoms with van der Waals surface area (Å²) in [5.41, 5.74) is 1.79. The van der Waals surface area contributed by atoms with Crippen molar-refractivity contribution in [2.45, 2.75) is 19.0 Å². The highest BCUT2D eigenvalue weighted by atomic mass is 19.4. The molecule has 1 aliphatic rings. The summed E-state index contributed by atoms with van der Waals surface area (Å²) in [4.78, 5) is 32.6. The smallest absolute Gasteiger partial charge is 0.324 e. The molecule has 0 saturated heterocycles. The summed E-state index contributed by atoms with van der Waals surface area (Å²) in [6, 6.07) is 9.03. The van der Waals surface area contributed by atoms with Gasteiger partial charge >= 0.3 is 6.18 Å². The number of pyridine rings is 2. The Bertz CT molecular complexity index is 1390. The molecule has 0 spiro atoms. The largest absolute Gasteiger partial charge is 0.417 e. The van der Waals surface area contributed by atoms with Gasteiger partial charge in [-0.15, -0.1) is 0 Å². The first kappa shape index (κ1) is 21.6. The maximum absolute atomic E-state index is 12.7. The lowest BCUT2D eigenvalue weighted by atomic mass is 10.0. The van der Waals surface area contributed by atoms with Crippen molar-refractivity contribution in [2.24, 2.45) is 5.92 Å². The number of benzene rings is 1. The number of rotatable bonds is 5. The van der Waals surface area contributed by atoms with Crippen LogP contribution >= 0.6 is 0 Å². The molecule has 1 fully saturated rings. The van der Waals surface area contributed by atoms with Crippen LogP contribution in [0.5, 0.6) is 0 Å². The molecule has 34 heavy (non-hydrogen) atoms. The van der Waals surface area contributed by atoms with E-state index in [0.29, 0.717) is 22.8 Å². The number of amides is 2. The van der Waals surface area contributed by atoms with E-state index < -0.39 is 17.6 Å². The van der Waals surface area contributed by atoms with Gasteiger partial charge in [-0.05, 0) is 48.7 Å². The summed E-state index contributed by atoms with van der Waals surface area (Å²) in [5, 5.41) is 12.6. The fourth-order valence-corrected chi connectivity index (χ4v) is 3.43. The lowest BCUT2D eigenvalue weighted by molar-refractivity contribution is -0.137. The van der Waals surface area contributed by atoms with E-state index in [-0.39, 0.29) is 23.3 Å². The molecule has 0 aliphatic heterocycles. The molecule has 172 valence electrons. The van der Waals surface area contributed by atoms with Gasteiger partial charge in [-0.3, -0.25) is 19.7 Å². The standard InChI is InChI=1S/C23H17F3N6O2/c24-23(25,26)15-4-6-19(28-10-15)30-22(34)20-17-8-13(3-5-18(17)31-32-20)14-7-16(11-27-9-14)29-21(33)12-1-2-12/h3-12H,1-2H2,(H,29,33)(H,31,32)(H,28,30,34). The van der Waals surface area contributed by atoms with Gasteiger partial charge in [0.1, 0.15) is 5.82 Å². The molecule has 3 heterocycles. The number of hydrogen-bond donors (Lipinski definition) is 3. The normalized spacial score (nSPS) is 13.6. The number of aromatic nitrogens is 4. The third-order valence-electron chi connectivity index (χ3n) is 5.40. The molecule has 4 aromatic rings. The van der Waals surface area contributed by atoms with E-state index in [1.807, 2.05) is 6.07 Å². The Balaban J connectivity index is 1.39. The second-order valence-electron chi connectivity index (χ2n) is 7.94. The van der Waals surface area contributed by atoms with Gasteiger partial charge in [0.15, 0.2) is 5.69 Å². The third kappa shape index (κ3) is 4.45. The first-order valence-corrected chi connectivity index (χ1v) is 10.4. The summed E-state index contributed by atoms with van der Waals surface area (Å²) in [6.07, 6.45) is 1.12. The molecule has 5 rings (SSSR count).